The van der Waals surface area contributed by atoms with E-state index < -0.39 is 0 Å². The van der Waals surface area contributed by atoms with Crippen molar-refractivity contribution in [1.82, 2.24) is 4.98 Å². The van der Waals surface area contributed by atoms with Crippen LogP contribution < -0.4 is 0 Å². The Morgan fingerprint density at radius 3 is 2.10 bits per heavy atom. The van der Waals surface area contributed by atoms with Crippen molar-refractivity contribution in [3.8, 4) is 5.75 Å². The number of aromatic nitrogens is 1. The first-order valence-electron chi connectivity index (χ1n) is 9.71. The number of pyridine rings is 1. The number of phenolic OH excluding ortho intramolecular Hbond substituents is 1. The number of aromatic hydroxyl groups is 1. The van der Waals surface area contributed by atoms with Gasteiger partial charge in [-0.3, -0.25) is 0 Å². The molecule has 0 saturated heterocycles. The number of benzene rings is 5. The summed E-state index contributed by atoms with van der Waals surface area (Å²) in [6, 6.07) is 29.1. The van der Waals surface area contributed by atoms with Crippen LogP contribution in [-0.4, -0.2) is 10.1 Å². The summed E-state index contributed by atoms with van der Waals surface area (Å²) in [4.78, 5) is 4.61. The van der Waals surface area contributed by atoms with Gasteiger partial charge in [0.25, 0.3) is 0 Å². The summed E-state index contributed by atoms with van der Waals surface area (Å²) >= 11 is 0. The van der Waals surface area contributed by atoms with Crippen LogP contribution in [0.1, 0.15) is 11.3 Å². The average Bonchev–Trinajstić information content (AvgIpc) is 2.77. The van der Waals surface area contributed by atoms with Crippen molar-refractivity contribution < 1.29 is 5.11 Å². The van der Waals surface area contributed by atoms with E-state index in [9.17, 15) is 5.11 Å². The van der Waals surface area contributed by atoms with E-state index in [-0.39, 0.29) is 5.75 Å². The van der Waals surface area contributed by atoms with E-state index in [1.807, 2.05) is 30.3 Å². The molecule has 0 aliphatic heterocycles. The second-order valence-corrected chi connectivity index (χ2v) is 7.43. The van der Waals surface area contributed by atoms with Gasteiger partial charge in [-0.15, -0.1) is 0 Å². The Hall–Kier alpha value is -3.91. The second-order valence-electron chi connectivity index (χ2n) is 7.43. The van der Waals surface area contributed by atoms with Crippen molar-refractivity contribution in [2.24, 2.45) is 0 Å². The van der Waals surface area contributed by atoms with Gasteiger partial charge in [-0.2, -0.15) is 0 Å². The third-order valence-corrected chi connectivity index (χ3v) is 5.72. The van der Waals surface area contributed by atoms with Gasteiger partial charge in [-0.25, -0.2) is 4.98 Å². The first-order chi connectivity index (χ1) is 14.3. The minimum atomic E-state index is 0.209. The van der Waals surface area contributed by atoms with E-state index in [4.69, 9.17) is 0 Å². The SMILES string of the molecule is Oc1cccc2ccc(/C=C/c3ccc4ccc5cccc6ccc3c4c56)nc12. The van der Waals surface area contributed by atoms with Crippen molar-refractivity contribution in [1.29, 1.82) is 0 Å². The van der Waals surface area contributed by atoms with Crippen molar-refractivity contribution in [3.05, 3.63) is 96.2 Å². The van der Waals surface area contributed by atoms with Gasteiger partial charge >= 0.3 is 0 Å². The molecule has 5 aromatic carbocycles. The molecule has 0 amide bonds. The topological polar surface area (TPSA) is 33.1 Å². The molecule has 2 heteroatoms. The van der Waals surface area contributed by atoms with Crippen LogP contribution in [0, 0.1) is 0 Å². The van der Waals surface area contributed by atoms with Crippen molar-refractivity contribution >= 4 is 55.4 Å². The molecule has 0 atom stereocenters. The molecule has 0 spiro atoms. The molecule has 1 heterocycles. The van der Waals surface area contributed by atoms with Crippen LogP contribution in [0.25, 0.3) is 55.4 Å². The van der Waals surface area contributed by atoms with Crippen LogP contribution in [0.15, 0.2) is 84.9 Å². The lowest BCUT2D eigenvalue weighted by Gasteiger charge is -2.12. The summed E-state index contributed by atoms with van der Waals surface area (Å²) in [7, 11) is 0. The number of hydrogen-bond donors (Lipinski definition) is 1. The Morgan fingerprint density at radius 2 is 1.24 bits per heavy atom. The maximum Gasteiger partial charge on any atom is 0.141 e. The number of hydrogen-bond acceptors (Lipinski definition) is 2. The highest BCUT2D eigenvalue weighted by Crippen LogP contribution is 2.36. The predicted octanol–water partition coefficient (Wildman–Crippen LogP) is 7.01. The Morgan fingerprint density at radius 1 is 0.586 bits per heavy atom. The van der Waals surface area contributed by atoms with Gasteiger partial charge in [-0.05, 0) is 56.1 Å². The van der Waals surface area contributed by atoms with Crippen molar-refractivity contribution in [2.75, 3.05) is 0 Å². The van der Waals surface area contributed by atoms with Gasteiger partial charge in [0, 0.05) is 5.39 Å². The Labute approximate surface area is 167 Å². The van der Waals surface area contributed by atoms with Gasteiger partial charge in [0.1, 0.15) is 11.3 Å². The molecular formula is C27H17NO. The summed E-state index contributed by atoms with van der Waals surface area (Å²) in [5.41, 5.74) is 2.62. The normalized spacial score (nSPS) is 12.1. The molecule has 0 aliphatic rings. The monoisotopic (exact) mass is 371 g/mol. The van der Waals surface area contributed by atoms with E-state index in [2.05, 4.69) is 65.7 Å². The maximum atomic E-state index is 10.1. The van der Waals surface area contributed by atoms with E-state index in [0.717, 1.165) is 16.6 Å². The molecule has 6 rings (SSSR count). The fraction of sp³-hybridized carbons (Fsp3) is 0. The van der Waals surface area contributed by atoms with Crippen molar-refractivity contribution in [3.63, 3.8) is 0 Å². The van der Waals surface area contributed by atoms with Gasteiger partial charge in [0.15, 0.2) is 0 Å². The standard InChI is InChI=1S/C27H17NO/c29-24-6-2-5-21-12-15-22(28-27(21)24)14-11-17-7-8-20-10-9-18-3-1-4-19-13-16-23(17)26(20)25(18)19/h1-16,29H/b14-11+. The number of rotatable bonds is 2. The lowest BCUT2D eigenvalue weighted by molar-refractivity contribution is 0.480. The van der Waals surface area contributed by atoms with Gasteiger partial charge < -0.3 is 5.11 Å². The molecule has 1 aromatic heterocycles. The molecule has 0 saturated carbocycles. The van der Waals surface area contributed by atoms with Crippen LogP contribution in [-0.2, 0) is 0 Å². The first-order valence-corrected chi connectivity index (χ1v) is 9.71. The Balaban J connectivity index is 1.53. The summed E-state index contributed by atoms with van der Waals surface area (Å²) in [6.07, 6.45) is 4.12. The molecule has 0 bridgehead atoms. The third-order valence-electron chi connectivity index (χ3n) is 5.72. The Bertz CT molecular complexity index is 1550. The molecule has 2 nitrogen and oxygen atoms in total. The quantitative estimate of drug-likeness (QED) is 0.332. The average molecular weight is 371 g/mol. The molecule has 0 aliphatic carbocycles. The maximum absolute atomic E-state index is 10.1. The summed E-state index contributed by atoms with van der Waals surface area (Å²) in [5, 5.41) is 18.7. The first kappa shape index (κ1) is 16.1. The molecule has 0 unspecified atom stereocenters. The highest BCUT2D eigenvalue weighted by Gasteiger charge is 2.09. The van der Waals surface area contributed by atoms with Crippen LogP contribution in [0.5, 0.6) is 5.75 Å². The van der Waals surface area contributed by atoms with E-state index in [0.29, 0.717) is 5.52 Å². The van der Waals surface area contributed by atoms with E-state index >= 15 is 0 Å². The highest BCUT2D eigenvalue weighted by atomic mass is 16.3. The lowest BCUT2D eigenvalue weighted by atomic mass is 9.92. The minimum Gasteiger partial charge on any atom is -0.506 e. The molecule has 136 valence electrons. The summed E-state index contributed by atoms with van der Waals surface area (Å²) < 4.78 is 0. The number of phenols is 1. The summed E-state index contributed by atoms with van der Waals surface area (Å²) in [5.74, 6) is 0.209. The number of para-hydroxylation sites is 1. The molecular weight excluding hydrogens is 354 g/mol. The second kappa shape index (κ2) is 6.05. The molecule has 0 radical (unpaired) electrons. The lowest BCUT2D eigenvalue weighted by Crippen LogP contribution is -1.86. The number of nitrogens with zero attached hydrogens (tertiary/aromatic N) is 1. The zero-order valence-electron chi connectivity index (χ0n) is 15.6. The van der Waals surface area contributed by atoms with Crippen LogP contribution in [0.3, 0.4) is 0 Å². The van der Waals surface area contributed by atoms with Crippen molar-refractivity contribution in [2.45, 2.75) is 0 Å². The zero-order valence-corrected chi connectivity index (χ0v) is 15.6. The van der Waals surface area contributed by atoms with Gasteiger partial charge in [0.05, 0.1) is 5.69 Å². The fourth-order valence-corrected chi connectivity index (χ4v) is 4.32. The highest BCUT2D eigenvalue weighted by molar-refractivity contribution is 6.24. The van der Waals surface area contributed by atoms with Crippen LogP contribution in [0.2, 0.25) is 0 Å². The molecule has 1 N–H and O–H groups in total. The molecule has 6 aromatic rings. The predicted molar refractivity (Wildman–Crippen MR) is 122 cm³/mol. The zero-order chi connectivity index (χ0) is 19.4. The Kier molecular flexibility index (Phi) is 3.35. The minimum absolute atomic E-state index is 0.209. The van der Waals surface area contributed by atoms with Crippen LogP contribution in [0.4, 0.5) is 0 Å². The van der Waals surface area contributed by atoms with Gasteiger partial charge in [-0.1, -0.05) is 78.9 Å². The fourth-order valence-electron chi connectivity index (χ4n) is 4.32. The third kappa shape index (κ3) is 2.46. The smallest absolute Gasteiger partial charge is 0.141 e. The molecule has 29 heavy (non-hydrogen) atoms. The number of fused-ring (bicyclic) bond motifs is 1. The summed E-state index contributed by atoms with van der Waals surface area (Å²) in [6.45, 7) is 0. The van der Waals surface area contributed by atoms with Crippen LogP contribution >= 0.6 is 0 Å². The van der Waals surface area contributed by atoms with Gasteiger partial charge in [0.2, 0.25) is 0 Å². The van der Waals surface area contributed by atoms with E-state index in [1.54, 1.807) is 6.07 Å². The molecule has 0 fully saturated rings. The largest absolute Gasteiger partial charge is 0.506 e. The van der Waals surface area contributed by atoms with E-state index in [1.165, 1.54) is 32.3 Å².